The molecule has 2 aromatic carbocycles. The number of piperidine rings is 1. The maximum Gasteiger partial charge on any atom is 0.306 e. The lowest BCUT2D eigenvalue weighted by Gasteiger charge is -2.38. The van der Waals surface area contributed by atoms with Crippen LogP contribution >= 0.6 is 0 Å². The second kappa shape index (κ2) is 11.6. The van der Waals surface area contributed by atoms with Crippen molar-refractivity contribution in [1.29, 1.82) is 0 Å². The van der Waals surface area contributed by atoms with E-state index in [2.05, 4.69) is 35.9 Å². The number of likely N-dealkylation sites (tertiary alicyclic amines) is 1. The molecular weight excluding hydrogens is 507 g/mol. The van der Waals surface area contributed by atoms with Crippen LogP contribution in [0.15, 0.2) is 48.7 Å². The summed E-state index contributed by atoms with van der Waals surface area (Å²) in [7, 11) is 1.54. The Morgan fingerprint density at radius 2 is 2.05 bits per heavy atom. The third-order valence-corrected chi connectivity index (χ3v) is 8.24. The molecule has 1 saturated heterocycles. The summed E-state index contributed by atoms with van der Waals surface area (Å²) in [4.78, 5) is 17.9. The highest BCUT2D eigenvalue weighted by molar-refractivity contribution is 5.70. The van der Waals surface area contributed by atoms with E-state index in [0.717, 1.165) is 72.5 Å². The molecule has 3 heterocycles. The number of benzene rings is 2. The Morgan fingerprint density at radius 1 is 1.23 bits per heavy atom. The smallest absolute Gasteiger partial charge is 0.306 e. The van der Waals surface area contributed by atoms with Crippen LogP contribution in [-0.2, 0) is 24.2 Å². The predicted octanol–water partition coefficient (Wildman–Crippen LogP) is 6.85. The van der Waals surface area contributed by atoms with Crippen LogP contribution in [0.5, 0.6) is 11.6 Å². The summed E-state index contributed by atoms with van der Waals surface area (Å²) in [6, 6.07) is 13.9. The summed E-state index contributed by atoms with van der Waals surface area (Å²) in [6.45, 7) is 9.06. The minimum atomic E-state index is -0.801. The summed E-state index contributed by atoms with van der Waals surface area (Å²) in [5, 5.41) is 9.33. The molecule has 0 bridgehead atoms. The molecule has 2 aliphatic heterocycles. The number of carboxylic acid groups (broad SMARTS) is 1. The number of carbonyl (C=O) groups is 1. The Balaban J connectivity index is 1.46. The number of aryl methyl sites for hydroxylation is 1. The fraction of sp³-hybridized carbons (Fsp3) is 0.455. The Bertz CT molecular complexity index is 1390. The minimum Gasteiger partial charge on any atom is -0.485 e. The van der Waals surface area contributed by atoms with Crippen LogP contribution in [-0.4, -0.2) is 41.2 Å². The number of carboxylic acids is 1. The molecule has 1 N–H and O–H groups in total. The van der Waals surface area contributed by atoms with Gasteiger partial charge in [0.1, 0.15) is 17.7 Å². The van der Waals surface area contributed by atoms with Gasteiger partial charge in [0.15, 0.2) is 0 Å². The Kier molecular flexibility index (Phi) is 8.13. The van der Waals surface area contributed by atoms with E-state index in [1.165, 1.54) is 19.7 Å². The van der Waals surface area contributed by atoms with E-state index in [1.807, 2.05) is 24.3 Å². The molecular formula is C33H39FN2O4. The molecule has 212 valence electrons. The first-order valence-corrected chi connectivity index (χ1v) is 14.2. The lowest BCUT2D eigenvalue weighted by Crippen LogP contribution is -2.39. The summed E-state index contributed by atoms with van der Waals surface area (Å²) >= 11 is 0. The second-order valence-corrected chi connectivity index (χ2v) is 12.1. The summed E-state index contributed by atoms with van der Waals surface area (Å²) in [6.07, 6.45) is 5.61. The summed E-state index contributed by atoms with van der Waals surface area (Å²) in [5.74, 6) is -0.436. The van der Waals surface area contributed by atoms with Crippen molar-refractivity contribution >= 4 is 5.97 Å². The number of fused-ring (bicyclic) bond motifs is 1. The van der Waals surface area contributed by atoms with Gasteiger partial charge in [0.05, 0.1) is 19.2 Å². The number of ether oxygens (including phenoxy) is 2. The van der Waals surface area contributed by atoms with Gasteiger partial charge in [-0.15, -0.1) is 0 Å². The second-order valence-electron chi connectivity index (χ2n) is 12.1. The van der Waals surface area contributed by atoms with E-state index in [-0.39, 0.29) is 17.3 Å². The predicted molar refractivity (Wildman–Crippen MR) is 153 cm³/mol. The SMILES string of the molecule is COc1cc(-c2ccc(C3CCc4ccc(CC(C)C(=O)O)cc4O3)cc2CN2CCCC(C)(C)C2)c(F)cn1. The first-order valence-electron chi connectivity index (χ1n) is 14.2. The quantitative estimate of drug-likeness (QED) is 0.333. The van der Waals surface area contributed by atoms with Gasteiger partial charge in [-0.1, -0.05) is 51.1 Å². The van der Waals surface area contributed by atoms with Crippen molar-refractivity contribution < 1.29 is 23.8 Å². The molecule has 0 amide bonds. The van der Waals surface area contributed by atoms with Gasteiger partial charge in [0, 0.05) is 24.7 Å². The third-order valence-electron chi connectivity index (χ3n) is 8.24. The fourth-order valence-corrected chi connectivity index (χ4v) is 6.08. The zero-order valence-electron chi connectivity index (χ0n) is 23.9. The van der Waals surface area contributed by atoms with Crippen molar-refractivity contribution in [2.45, 2.75) is 65.5 Å². The molecule has 2 atom stereocenters. The number of aliphatic carboxylic acids is 1. The third kappa shape index (κ3) is 6.30. The number of methoxy groups -OCH3 is 1. The molecule has 2 unspecified atom stereocenters. The normalized spacial score (nSPS) is 19.4. The molecule has 5 rings (SSSR count). The largest absolute Gasteiger partial charge is 0.485 e. The van der Waals surface area contributed by atoms with E-state index in [1.54, 1.807) is 13.0 Å². The zero-order valence-corrected chi connectivity index (χ0v) is 23.9. The van der Waals surface area contributed by atoms with Gasteiger partial charge < -0.3 is 14.6 Å². The zero-order chi connectivity index (χ0) is 28.4. The number of pyridine rings is 1. The van der Waals surface area contributed by atoms with Crippen molar-refractivity contribution in [3.05, 3.63) is 76.7 Å². The van der Waals surface area contributed by atoms with E-state index in [4.69, 9.17) is 9.47 Å². The molecule has 3 aromatic rings. The van der Waals surface area contributed by atoms with Gasteiger partial charge >= 0.3 is 5.97 Å². The van der Waals surface area contributed by atoms with Crippen molar-refractivity contribution in [1.82, 2.24) is 9.88 Å². The van der Waals surface area contributed by atoms with Crippen LogP contribution in [0.3, 0.4) is 0 Å². The Labute approximate surface area is 236 Å². The molecule has 40 heavy (non-hydrogen) atoms. The Morgan fingerprint density at radius 3 is 2.80 bits per heavy atom. The molecule has 0 aliphatic carbocycles. The highest BCUT2D eigenvalue weighted by Gasteiger charge is 2.28. The topological polar surface area (TPSA) is 71.9 Å². The molecule has 2 aliphatic rings. The first-order chi connectivity index (χ1) is 19.1. The average Bonchev–Trinajstić information content (AvgIpc) is 2.92. The molecule has 7 heteroatoms. The van der Waals surface area contributed by atoms with Crippen LogP contribution in [0.25, 0.3) is 11.1 Å². The van der Waals surface area contributed by atoms with Crippen LogP contribution in [0.1, 0.15) is 68.4 Å². The lowest BCUT2D eigenvalue weighted by molar-refractivity contribution is -0.141. The Hall–Kier alpha value is -3.45. The van der Waals surface area contributed by atoms with Crippen LogP contribution in [0, 0.1) is 17.2 Å². The standard InChI is InChI=1S/C33H39FN2O4/c1-21(32(37)38)14-22-6-7-23-9-11-29(40-30(23)15-22)24-8-10-26(27-17-31(39-4)35-18-28(27)34)25(16-24)19-36-13-5-12-33(2,3)20-36/h6-8,10,15-18,21,29H,5,9,11-14,19-20H2,1-4H3,(H,37,38). The van der Waals surface area contributed by atoms with Gasteiger partial charge in [-0.25, -0.2) is 9.37 Å². The maximum absolute atomic E-state index is 15.1. The molecule has 0 radical (unpaired) electrons. The fourth-order valence-electron chi connectivity index (χ4n) is 6.08. The summed E-state index contributed by atoms with van der Waals surface area (Å²) < 4.78 is 26.9. The van der Waals surface area contributed by atoms with E-state index in [0.29, 0.717) is 17.9 Å². The number of hydrogen-bond acceptors (Lipinski definition) is 5. The number of hydrogen-bond donors (Lipinski definition) is 1. The van der Waals surface area contributed by atoms with Gasteiger partial charge in [0.25, 0.3) is 0 Å². The van der Waals surface area contributed by atoms with Gasteiger partial charge in [-0.05, 0) is 77.9 Å². The van der Waals surface area contributed by atoms with Crippen molar-refractivity contribution in [2.75, 3.05) is 20.2 Å². The van der Waals surface area contributed by atoms with Crippen LogP contribution in [0.2, 0.25) is 0 Å². The number of halogens is 1. The number of aromatic nitrogens is 1. The summed E-state index contributed by atoms with van der Waals surface area (Å²) in [5.41, 5.74) is 5.78. The molecule has 1 fully saturated rings. The highest BCUT2D eigenvalue weighted by Crippen LogP contribution is 2.39. The van der Waals surface area contributed by atoms with Crippen molar-refractivity contribution in [2.24, 2.45) is 11.3 Å². The molecule has 0 spiro atoms. The van der Waals surface area contributed by atoms with Gasteiger partial charge in [0.2, 0.25) is 5.88 Å². The van der Waals surface area contributed by atoms with E-state index in [9.17, 15) is 9.90 Å². The molecule has 6 nitrogen and oxygen atoms in total. The first kappa shape index (κ1) is 28.1. The average molecular weight is 547 g/mol. The van der Waals surface area contributed by atoms with Gasteiger partial charge in [-0.2, -0.15) is 0 Å². The van der Waals surface area contributed by atoms with Gasteiger partial charge in [-0.3, -0.25) is 9.69 Å². The number of rotatable bonds is 8. The van der Waals surface area contributed by atoms with Crippen molar-refractivity contribution in [3.63, 3.8) is 0 Å². The van der Waals surface area contributed by atoms with Crippen LogP contribution < -0.4 is 9.47 Å². The highest BCUT2D eigenvalue weighted by atomic mass is 19.1. The lowest BCUT2D eigenvalue weighted by atomic mass is 9.83. The maximum atomic E-state index is 15.1. The van der Waals surface area contributed by atoms with E-state index >= 15 is 4.39 Å². The van der Waals surface area contributed by atoms with Crippen LogP contribution in [0.4, 0.5) is 4.39 Å². The molecule has 1 aromatic heterocycles. The molecule has 0 saturated carbocycles. The van der Waals surface area contributed by atoms with E-state index < -0.39 is 11.9 Å². The minimum absolute atomic E-state index is 0.137. The van der Waals surface area contributed by atoms with Crippen molar-refractivity contribution in [3.8, 4) is 22.8 Å². The monoisotopic (exact) mass is 546 g/mol. The number of nitrogens with zero attached hydrogens (tertiary/aromatic N) is 2.